The van der Waals surface area contributed by atoms with Crippen LogP contribution in [-0.2, 0) is 0 Å². The molecule has 33 heavy (non-hydrogen) atoms. The van der Waals surface area contributed by atoms with Crippen LogP contribution in [0.2, 0.25) is 0 Å². The van der Waals surface area contributed by atoms with Gasteiger partial charge >= 0.3 is 0 Å². The normalized spacial score (nSPS) is 15.5. The van der Waals surface area contributed by atoms with Crippen molar-refractivity contribution in [3.05, 3.63) is 113 Å². The first-order valence-corrected chi connectivity index (χ1v) is 12.4. The van der Waals surface area contributed by atoms with Crippen LogP contribution in [0.15, 0.2) is 91.0 Å². The summed E-state index contributed by atoms with van der Waals surface area (Å²) in [6.45, 7) is 2.15. The van der Waals surface area contributed by atoms with Crippen LogP contribution >= 0.6 is 11.3 Å². The van der Waals surface area contributed by atoms with E-state index in [-0.39, 0.29) is 0 Å². The molecule has 0 fully saturated rings. The molecule has 0 saturated heterocycles. The second-order valence-corrected chi connectivity index (χ2v) is 10.1. The molecule has 2 heteroatoms. The smallest absolute Gasteiger partial charge is 0.0465 e. The number of fused-ring (bicyclic) bond motifs is 6. The zero-order valence-corrected chi connectivity index (χ0v) is 19.2. The Morgan fingerprint density at radius 2 is 1.61 bits per heavy atom. The molecule has 1 nitrogen and oxygen atoms in total. The zero-order chi connectivity index (χ0) is 21.9. The summed E-state index contributed by atoms with van der Waals surface area (Å²) >= 11 is 1.98. The molecule has 2 aromatic heterocycles. The van der Waals surface area contributed by atoms with Crippen molar-refractivity contribution in [3.63, 3.8) is 0 Å². The molecule has 0 aliphatic heterocycles. The average molecular weight is 442 g/mol. The number of benzene rings is 4. The molecule has 1 unspecified atom stereocenters. The summed E-state index contributed by atoms with van der Waals surface area (Å²) in [7, 11) is 0. The monoisotopic (exact) mass is 441 g/mol. The maximum absolute atomic E-state index is 3.57. The number of rotatable bonds is 2. The highest BCUT2D eigenvalue weighted by atomic mass is 32.1. The van der Waals surface area contributed by atoms with Crippen molar-refractivity contribution in [2.75, 3.05) is 0 Å². The van der Waals surface area contributed by atoms with Gasteiger partial charge in [0, 0.05) is 42.7 Å². The van der Waals surface area contributed by atoms with Gasteiger partial charge in [-0.3, -0.25) is 0 Å². The summed E-state index contributed by atoms with van der Waals surface area (Å²) in [6.07, 6.45) is 5.75. The number of hydrogen-bond donors (Lipinski definition) is 1. The molecular weight excluding hydrogens is 418 g/mol. The van der Waals surface area contributed by atoms with E-state index >= 15 is 0 Å². The number of nitrogens with one attached hydrogen (secondary N) is 1. The van der Waals surface area contributed by atoms with Crippen LogP contribution in [0.25, 0.3) is 49.1 Å². The van der Waals surface area contributed by atoms with E-state index in [0.717, 1.165) is 6.42 Å². The minimum Gasteiger partial charge on any atom is -0.355 e. The average Bonchev–Trinajstić information content (AvgIpc) is 3.42. The number of aryl methyl sites for hydroxylation is 1. The van der Waals surface area contributed by atoms with Gasteiger partial charge in [0.1, 0.15) is 0 Å². The highest BCUT2D eigenvalue weighted by Crippen LogP contribution is 2.47. The molecular formula is C31H23NS. The van der Waals surface area contributed by atoms with E-state index in [0.29, 0.717) is 5.92 Å². The second kappa shape index (κ2) is 7.19. The summed E-state index contributed by atoms with van der Waals surface area (Å²) in [5, 5.41) is 4.00. The van der Waals surface area contributed by atoms with Crippen LogP contribution in [-0.4, -0.2) is 4.98 Å². The van der Waals surface area contributed by atoms with Crippen molar-refractivity contribution in [1.82, 2.24) is 4.98 Å². The van der Waals surface area contributed by atoms with Gasteiger partial charge in [-0.05, 0) is 53.8 Å². The van der Waals surface area contributed by atoms with Gasteiger partial charge in [-0.15, -0.1) is 11.3 Å². The lowest BCUT2D eigenvalue weighted by molar-refractivity contribution is 0.842. The summed E-state index contributed by atoms with van der Waals surface area (Å²) in [5.74, 6) is 0.395. The summed E-state index contributed by atoms with van der Waals surface area (Å²) < 4.78 is 1.40. The lowest BCUT2D eigenvalue weighted by Gasteiger charge is -2.19. The third kappa shape index (κ3) is 2.91. The van der Waals surface area contributed by atoms with Crippen LogP contribution in [0, 0.1) is 6.92 Å². The Labute approximate surface area is 197 Å². The topological polar surface area (TPSA) is 15.8 Å². The summed E-state index contributed by atoms with van der Waals surface area (Å²) in [5.41, 5.74) is 9.16. The maximum atomic E-state index is 3.57. The Kier molecular flexibility index (Phi) is 4.12. The van der Waals surface area contributed by atoms with Crippen molar-refractivity contribution in [2.24, 2.45) is 0 Å². The fourth-order valence-electron chi connectivity index (χ4n) is 5.35. The predicted octanol–water partition coefficient (Wildman–Crippen LogP) is 9.06. The van der Waals surface area contributed by atoms with E-state index in [1.807, 2.05) is 11.3 Å². The van der Waals surface area contributed by atoms with Gasteiger partial charge in [0.05, 0.1) is 0 Å². The Balaban J connectivity index is 1.41. The van der Waals surface area contributed by atoms with Gasteiger partial charge in [0.25, 0.3) is 0 Å². The maximum Gasteiger partial charge on any atom is 0.0465 e. The lowest BCUT2D eigenvalue weighted by Crippen LogP contribution is -2.02. The number of hydrogen-bond acceptors (Lipinski definition) is 1. The van der Waals surface area contributed by atoms with Crippen LogP contribution < -0.4 is 0 Å². The molecule has 1 N–H and O–H groups in total. The SMILES string of the molecule is Cc1ccc(-c2cccc3c4c(sc23)C(c2ccc3[nH]c5ccccc5c3c2)CC=C4)cc1. The zero-order valence-electron chi connectivity index (χ0n) is 18.4. The Morgan fingerprint density at radius 3 is 2.52 bits per heavy atom. The van der Waals surface area contributed by atoms with Gasteiger partial charge < -0.3 is 4.98 Å². The lowest BCUT2D eigenvalue weighted by atomic mass is 9.86. The van der Waals surface area contributed by atoms with Gasteiger partial charge in [-0.1, -0.05) is 84.4 Å². The highest BCUT2D eigenvalue weighted by molar-refractivity contribution is 7.20. The molecule has 2 heterocycles. The molecule has 1 aliphatic rings. The number of aromatic nitrogens is 1. The fraction of sp³-hybridized carbons (Fsp3) is 0.0968. The number of aromatic amines is 1. The molecule has 4 aromatic carbocycles. The molecule has 158 valence electrons. The Hall–Kier alpha value is -3.62. The van der Waals surface area contributed by atoms with Crippen molar-refractivity contribution in [3.8, 4) is 11.1 Å². The number of thiophene rings is 1. The van der Waals surface area contributed by atoms with Crippen molar-refractivity contribution >= 4 is 49.3 Å². The Morgan fingerprint density at radius 1 is 0.788 bits per heavy atom. The second-order valence-electron chi connectivity index (χ2n) is 9.09. The molecule has 0 amide bonds. The third-order valence-electron chi connectivity index (χ3n) is 7.05. The van der Waals surface area contributed by atoms with Crippen LogP contribution in [0.5, 0.6) is 0 Å². The van der Waals surface area contributed by atoms with E-state index in [1.54, 1.807) is 0 Å². The molecule has 7 rings (SSSR count). The van der Waals surface area contributed by atoms with E-state index in [1.165, 1.54) is 64.6 Å². The quantitative estimate of drug-likeness (QED) is 0.276. The first kappa shape index (κ1) is 18.9. The minimum absolute atomic E-state index is 0.395. The largest absolute Gasteiger partial charge is 0.355 e. The van der Waals surface area contributed by atoms with E-state index in [4.69, 9.17) is 0 Å². The fourth-order valence-corrected chi connectivity index (χ4v) is 6.81. The molecule has 6 aromatic rings. The van der Waals surface area contributed by atoms with Gasteiger partial charge in [-0.25, -0.2) is 0 Å². The first-order chi connectivity index (χ1) is 16.3. The van der Waals surface area contributed by atoms with E-state index in [2.05, 4.69) is 109 Å². The Bertz CT molecular complexity index is 1690. The van der Waals surface area contributed by atoms with E-state index < -0.39 is 0 Å². The van der Waals surface area contributed by atoms with Crippen molar-refractivity contribution < 1.29 is 0 Å². The summed E-state index contributed by atoms with van der Waals surface area (Å²) in [6, 6.07) is 31.3. The molecule has 0 saturated carbocycles. The minimum atomic E-state index is 0.395. The summed E-state index contributed by atoms with van der Waals surface area (Å²) in [4.78, 5) is 5.06. The molecule has 0 spiro atoms. The molecule has 1 atom stereocenters. The molecule has 0 bridgehead atoms. The van der Waals surface area contributed by atoms with Gasteiger partial charge in [0.2, 0.25) is 0 Å². The highest BCUT2D eigenvalue weighted by Gasteiger charge is 2.25. The molecule has 1 aliphatic carbocycles. The molecule has 0 radical (unpaired) electrons. The number of allylic oxidation sites excluding steroid dienone is 1. The van der Waals surface area contributed by atoms with Crippen LogP contribution in [0.1, 0.15) is 33.9 Å². The van der Waals surface area contributed by atoms with Crippen molar-refractivity contribution in [2.45, 2.75) is 19.3 Å². The predicted molar refractivity (Wildman–Crippen MR) is 143 cm³/mol. The van der Waals surface area contributed by atoms with Crippen LogP contribution in [0.4, 0.5) is 0 Å². The number of H-pyrrole nitrogens is 1. The van der Waals surface area contributed by atoms with Crippen LogP contribution in [0.3, 0.4) is 0 Å². The first-order valence-electron chi connectivity index (χ1n) is 11.6. The van der Waals surface area contributed by atoms with E-state index in [9.17, 15) is 0 Å². The third-order valence-corrected chi connectivity index (χ3v) is 8.42. The van der Waals surface area contributed by atoms with Crippen molar-refractivity contribution in [1.29, 1.82) is 0 Å². The number of para-hydroxylation sites is 1. The van der Waals surface area contributed by atoms with Gasteiger partial charge in [0.15, 0.2) is 0 Å². The standard InChI is InChI=1S/C31H23NS/c1-19-12-14-20(15-13-19)22-7-4-9-25-26-10-5-8-23(31(26)33-30(22)25)21-16-17-29-27(18-21)24-6-2-3-11-28(24)32-29/h2-7,9-18,23,32H,8H2,1H3. The van der Waals surface area contributed by atoms with Gasteiger partial charge in [-0.2, -0.15) is 0 Å².